The van der Waals surface area contributed by atoms with Crippen molar-refractivity contribution in [2.24, 2.45) is 0 Å². The largest absolute Gasteiger partial charge is 0.376 e. The molecule has 0 saturated carbocycles. The highest BCUT2D eigenvalue weighted by atomic mass is 16.2. The SMILES string of the molecule is CC(C)(C)c1ccc(NCC(=O)NCc2cccc3c2CN([C@H]2CCC(=O)NC2=O)C3=O)cc1. The van der Waals surface area contributed by atoms with Gasteiger partial charge >= 0.3 is 0 Å². The summed E-state index contributed by atoms with van der Waals surface area (Å²) in [6.07, 6.45) is 0.532. The molecule has 2 aliphatic heterocycles. The van der Waals surface area contributed by atoms with Gasteiger partial charge < -0.3 is 15.5 Å². The lowest BCUT2D eigenvalue weighted by Crippen LogP contribution is -2.52. The zero-order valence-electron chi connectivity index (χ0n) is 19.7. The Morgan fingerprint density at radius 2 is 1.82 bits per heavy atom. The molecule has 0 radical (unpaired) electrons. The van der Waals surface area contributed by atoms with Crippen molar-refractivity contribution in [3.63, 3.8) is 0 Å². The Labute approximate surface area is 199 Å². The molecule has 0 unspecified atom stereocenters. The fourth-order valence-electron chi connectivity index (χ4n) is 4.34. The zero-order chi connectivity index (χ0) is 24.5. The van der Waals surface area contributed by atoms with Crippen molar-refractivity contribution >= 4 is 29.3 Å². The third kappa shape index (κ3) is 4.95. The number of rotatable bonds is 6. The molecule has 0 aromatic heterocycles. The van der Waals surface area contributed by atoms with Crippen molar-refractivity contribution < 1.29 is 19.2 Å². The first-order chi connectivity index (χ1) is 16.1. The first-order valence-corrected chi connectivity index (χ1v) is 11.5. The van der Waals surface area contributed by atoms with Crippen molar-refractivity contribution in [1.29, 1.82) is 0 Å². The molecule has 2 heterocycles. The smallest absolute Gasteiger partial charge is 0.255 e. The molecule has 0 aliphatic carbocycles. The van der Waals surface area contributed by atoms with Crippen LogP contribution >= 0.6 is 0 Å². The summed E-state index contributed by atoms with van der Waals surface area (Å²) in [4.78, 5) is 50.6. The first-order valence-electron chi connectivity index (χ1n) is 11.5. The minimum Gasteiger partial charge on any atom is -0.376 e. The zero-order valence-corrected chi connectivity index (χ0v) is 19.7. The number of amides is 4. The Kier molecular flexibility index (Phi) is 6.41. The standard InChI is InChI=1S/C26H30N4O4/c1-26(2,3)17-7-9-18(10-8-17)27-14-23(32)28-13-16-5-4-6-19-20(16)15-30(25(19)34)21-11-12-22(31)29-24(21)33/h4-10,21,27H,11-15H2,1-3H3,(H,28,32)(H,29,31,33)/t21-/m0/s1. The maximum Gasteiger partial charge on any atom is 0.255 e. The van der Waals surface area contributed by atoms with E-state index in [0.29, 0.717) is 12.0 Å². The van der Waals surface area contributed by atoms with Gasteiger partial charge in [0.2, 0.25) is 17.7 Å². The molecule has 2 aromatic rings. The quantitative estimate of drug-likeness (QED) is 0.572. The van der Waals surface area contributed by atoms with E-state index in [0.717, 1.165) is 16.8 Å². The van der Waals surface area contributed by atoms with E-state index >= 15 is 0 Å². The van der Waals surface area contributed by atoms with Gasteiger partial charge in [0.1, 0.15) is 6.04 Å². The molecule has 3 N–H and O–H groups in total. The molecule has 34 heavy (non-hydrogen) atoms. The highest BCUT2D eigenvalue weighted by Gasteiger charge is 2.39. The topological polar surface area (TPSA) is 108 Å². The Morgan fingerprint density at radius 3 is 2.50 bits per heavy atom. The van der Waals surface area contributed by atoms with E-state index in [9.17, 15) is 19.2 Å². The van der Waals surface area contributed by atoms with Gasteiger partial charge in [-0.25, -0.2) is 0 Å². The summed E-state index contributed by atoms with van der Waals surface area (Å²) < 4.78 is 0. The second-order valence-corrected chi connectivity index (χ2v) is 9.80. The summed E-state index contributed by atoms with van der Waals surface area (Å²) in [5.74, 6) is -1.14. The predicted molar refractivity (Wildman–Crippen MR) is 128 cm³/mol. The van der Waals surface area contributed by atoms with Crippen molar-refractivity contribution in [2.75, 3.05) is 11.9 Å². The number of nitrogens with zero attached hydrogens (tertiary/aromatic N) is 1. The van der Waals surface area contributed by atoms with Gasteiger partial charge in [0.15, 0.2) is 0 Å². The van der Waals surface area contributed by atoms with E-state index < -0.39 is 11.9 Å². The number of benzene rings is 2. The third-order valence-corrected chi connectivity index (χ3v) is 6.36. The monoisotopic (exact) mass is 462 g/mol. The van der Waals surface area contributed by atoms with Gasteiger partial charge in [0.25, 0.3) is 5.91 Å². The van der Waals surface area contributed by atoms with Crippen molar-refractivity contribution in [2.45, 2.75) is 58.2 Å². The van der Waals surface area contributed by atoms with Crippen molar-refractivity contribution in [3.05, 3.63) is 64.7 Å². The van der Waals surface area contributed by atoms with Crippen LogP contribution in [-0.4, -0.2) is 41.1 Å². The maximum atomic E-state index is 12.9. The summed E-state index contributed by atoms with van der Waals surface area (Å²) in [7, 11) is 0. The van der Waals surface area contributed by atoms with E-state index in [-0.39, 0.29) is 49.2 Å². The van der Waals surface area contributed by atoms with Crippen LogP contribution in [0.5, 0.6) is 0 Å². The van der Waals surface area contributed by atoms with Crippen LogP contribution in [0.25, 0.3) is 0 Å². The minimum absolute atomic E-state index is 0.0705. The molecule has 4 rings (SSSR count). The molecular weight excluding hydrogens is 432 g/mol. The fourth-order valence-corrected chi connectivity index (χ4v) is 4.34. The minimum atomic E-state index is -0.658. The second kappa shape index (κ2) is 9.29. The number of hydrogen-bond acceptors (Lipinski definition) is 5. The highest BCUT2D eigenvalue weighted by Crippen LogP contribution is 2.30. The average molecular weight is 463 g/mol. The summed E-state index contributed by atoms with van der Waals surface area (Å²) in [6.45, 7) is 7.15. The molecule has 2 aliphatic rings. The number of carbonyl (C=O) groups is 4. The lowest BCUT2D eigenvalue weighted by atomic mass is 9.87. The molecule has 0 bridgehead atoms. The van der Waals surface area contributed by atoms with Gasteiger partial charge in [-0.15, -0.1) is 0 Å². The van der Waals surface area contributed by atoms with Crippen LogP contribution in [0.2, 0.25) is 0 Å². The van der Waals surface area contributed by atoms with E-state index in [1.54, 1.807) is 12.1 Å². The van der Waals surface area contributed by atoms with Crippen molar-refractivity contribution in [3.8, 4) is 0 Å². The van der Waals surface area contributed by atoms with Gasteiger partial charge in [-0.3, -0.25) is 24.5 Å². The number of piperidine rings is 1. The predicted octanol–water partition coefficient (Wildman–Crippen LogP) is 2.47. The maximum absolute atomic E-state index is 12.9. The fraction of sp³-hybridized carbons (Fsp3) is 0.385. The number of fused-ring (bicyclic) bond motifs is 1. The molecule has 4 amide bonds. The second-order valence-electron chi connectivity index (χ2n) is 9.80. The summed E-state index contributed by atoms with van der Waals surface area (Å²) in [6, 6.07) is 12.8. The van der Waals surface area contributed by atoms with Gasteiger partial charge in [-0.2, -0.15) is 0 Å². The van der Waals surface area contributed by atoms with Crippen LogP contribution in [0.4, 0.5) is 5.69 Å². The molecule has 178 valence electrons. The molecule has 1 saturated heterocycles. The molecule has 8 heteroatoms. The molecule has 8 nitrogen and oxygen atoms in total. The van der Waals surface area contributed by atoms with Gasteiger partial charge in [0, 0.05) is 30.8 Å². The van der Waals surface area contributed by atoms with Crippen LogP contribution in [0.1, 0.15) is 60.7 Å². The molecule has 1 atom stereocenters. The van der Waals surface area contributed by atoms with Gasteiger partial charge in [0.05, 0.1) is 6.54 Å². The molecule has 1 fully saturated rings. The van der Waals surface area contributed by atoms with Crippen molar-refractivity contribution in [1.82, 2.24) is 15.5 Å². The van der Waals surface area contributed by atoms with Crippen LogP contribution in [0, 0.1) is 0 Å². The average Bonchev–Trinajstić information content (AvgIpc) is 3.13. The van der Waals surface area contributed by atoms with E-state index in [1.807, 2.05) is 18.2 Å². The van der Waals surface area contributed by atoms with E-state index in [2.05, 4.69) is 48.9 Å². The molecular formula is C26H30N4O4. The van der Waals surface area contributed by atoms with Crippen LogP contribution in [-0.2, 0) is 32.9 Å². The lowest BCUT2D eigenvalue weighted by molar-refractivity contribution is -0.137. The number of imide groups is 1. The summed E-state index contributed by atoms with van der Waals surface area (Å²) in [5, 5.41) is 8.34. The van der Waals surface area contributed by atoms with Gasteiger partial charge in [-0.05, 0) is 46.7 Å². The summed E-state index contributed by atoms with van der Waals surface area (Å²) >= 11 is 0. The number of nitrogens with one attached hydrogen (secondary N) is 3. The number of hydrogen-bond donors (Lipinski definition) is 3. The van der Waals surface area contributed by atoms with Crippen LogP contribution in [0.3, 0.4) is 0 Å². The Bertz CT molecular complexity index is 1130. The number of carbonyl (C=O) groups excluding carboxylic acids is 4. The first kappa shape index (κ1) is 23.5. The molecule has 0 spiro atoms. The molecule has 2 aromatic carbocycles. The third-order valence-electron chi connectivity index (χ3n) is 6.36. The van der Waals surface area contributed by atoms with Crippen LogP contribution in [0.15, 0.2) is 42.5 Å². The Morgan fingerprint density at radius 1 is 1.09 bits per heavy atom. The van der Waals surface area contributed by atoms with E-state index in [4.69, 9.17) is 0 Å². The van der Waals surface area contributed by atoms with Crippen LogP contribution < -0.4 is 16.0 Å². The number of anilines is 1. The van der Waals surface area contributed by atoms with Gasteiger partial charge in [-0.1, -0.05) is 45.0 Å². The summed E-state index contributed by atoms with van der Waals surface area (Å²) in [5.41, 5.74) is 4.34. The Hall–Kier alpha value is -3.68. The highest BCUT2D eigenvalue weighted by molar-refractivity contribution is 6.05. The normalized spacial score (nSPS) is 17.9. The lowest BCUT2D eigenvalue weighted by Gasteiger charge is -2.29. The van der Waals surface area contributed by atoms with E-state index in [1.165, 1.54) is 10.5 Å². The Balaban J connectivity index is 1.35.